The van der Waals surface area contributed by atoms with E-state index in [-0.39, 0.29) is 5.54 Å². The third-order valence-electron chi connectivity index (χ3n) is 3.51. The molecule has 1 rings (SSSR count). The number of benzene rings is 1. The summed E-state index contributed by atoms with van der Waals surface area (Å²) in [5, 5.41) is 3.45. The molecule has 108 valence electrons. The SMILES string of the molecule is CCNS(=O)(=O)c1ccc(NC(C)(CC)CC)cc1. The molecule has 4 nitrogen and oxygen atoms in total. The summed E-state index contributed by atoms with van der Waals surface area (Å²) in [5.41, 5.74) is 0.990. The molecule has 19 heavy (non-hydrogen) atoms. The second-order valence-corrected chi connectivity index (χ2v) is 6.69. The van der Waals surface area contributed by atoms with E-state index in [0.717, 1.165) is 18.5 Å². The molecule has 0 spiro atoms. The van der Waals surface area contributed by atoms with E-state index in [2.05, 4.69) is 30.8 Å². The van der Waals surface area contributed by atoms with Crippen LogP contribution in [0.25, 0.3) is 0 Å². The van der Waals surface area contributed by atoms with E-state index in [1.165, 1.54) is 0 Å². The molecule has 0 atom stereocenters. The van der Waals surface area contributed by atoms with Crippen LogP contribution in [0.1, 0.15) is 40.5 Å². The number of nitrogens with one attached hydrogen (secondary N) is 2. The van der Waals surface area contributed by atoms with Crippen molar-refractivity contribution in [2.75, 3.05) is 11.9 Å². The van der Waals surface area contributed by atoms with Gasteiger partial charge >= 0.3 is 0 Å². The molecule has 0 heterocycles. The molecule has 0 aliphatic rings. The maximum Gasteiger partial charge on any atom is 0.240 e. The molecule has 0 radical (unpaired) electrons. The number of anilines is 1. The molecule has 5 heteroatoms. The molecule has 0 saturated carbocycles. The maximum atomic E-state index is 11.8. The maximum absolute atomic E-state index is 11.8. The first-order valence-electron chi connectivity index (χ1n) is 6.74. The van der Waals surface area contributed by atoms with Crippen LogP contribution in [0.5, 0.6) is 0 Å². The summed E-state index contributed by atoms with van der Waals surface area (Å²) in [7, 11) is -3.36. The Morgan fingerprint density at radius 3 is 2.00 bits per heavy atom. The minimum Gasteiger partial charge on any atom is -0.380 e. The van der Waals surface area contributed by atoms with Crippen molar-refractivity contribution in [1.29, 1.82) is 0 Å². The van der Waals surface area contributed by atoms with Crippen LogP contribution >= 0.6 is 0 Å². The molecule has 0 fully saturated rings. The van der Waals surface area contributed by atoms with Crippen LogP contribution in [0.15, 0.2) is 29.2 Å². The Morgan fingerprint density at radius 2 is 1.58 bits per heavy atom. The van der Waals surface area contributed by atoms with Crippen LogP contribution < -0.4 is 10.0 Å². The predicted molar refractivity (Wildman–Crippen MR) is 79.9 cm³/mol. The number of hydrogen-bond donors (Lipinski definition) is 2. The van der Waals surface area contributed by atoms with Crippen molar-refractivity contribution < 1.29 is 8.42 Å². The van der Waals surface area contributed by atoms with Gasteiger partial charge in [-0.2, -0.15) is 0 Å². The zero-order chi connectivity index (χ0) is 14.5. The van der Waals surface area contributed by atoms with Crippen LogP contribution in [0.2, 0.25) is 0 Å². The summed E-state index contributed by atoms with van der Waals surface area (Å²) in [6.45, 7) is 8.60. The zero-order valence-electron chi connectivity index (χ0n) is 12.2. The van der Waals surface area contributed by atoms with Gasteiger partial charge < -0.3 is 5.32 Å². The van der Waals surface area contributed by atoms with Crippen molar-refractivity contribution in [1.82, 2.24) is 4.72 Å². The van der Waals surface area contributed by atoms with Crippen molar-refractivity contribution in [3.8, 4) is 0 Å². The molecule has 0 saturated heterocycles. The number of rotatable bonds is 7. The zero-order valence-corrected chi connectivity index (χ0v) is 13.0. The molecule has 1 aromatic carbocycles. The first-order chi connectivity index (χ1) is 8.87. The molecule has 0 amide bonds. The smallest absolute Gasteiger partial charge is 0.240 e. The summed E-state index contributed by atoms with van der Waals surface area (Å²) >= 11 is 0. The van der Waals surface area contributed by atoms with Gasteiger partial charge in [0.05, 0.1) is 4.90 Å². The van der Waals surface area contributed by atoms with Crippen molar-refractivity contribution >= 4 is 15.7 Å². The Bertz CT molecular complexity index is 491. The predicted octanol–water partition coefficient (Wildman–Crippen LogP) is 2.98. The van der Waals surface area contributed by atoms with E-state index in [4.69, 9.17) is 0 Å². The van der Waals surface area contributed by atoms with Crippen LogP contribution in [0.3, 0.4) is 0 Å². The van der Waals surface area contributed by atoms with Gasteiger partial charge in [0.2, 0.25) is 10.0 Å². The first kappa shape index (κ1) is 16.0. The van der Waals surface area contributed by atoms with Gasteiger partial charge in [0, 0.05) is 17.8 Å². The molecule has 0 aliphatic carbocycles. The van der Waals surface area contributed by atoms with Crippen molar-refractivity contribution in [3.05, 3.63) is 24.3 Å². The van der Waals surface area contributed by atoms with E-state index >= 15 is 0 Å². The van der Waals surface area contributed by atoms with Gasteiger partial charge in [-0.1, -0.05) is 20.8 Å². The first-order valence-corrected chi connectivity index (χ1v) is 8.23. The molecule has 2 N–H and O–H groups in total. The summed E-state index contributed by atoms with van der Waals surface area (Å²) in [4.78, 5) is 0.301. The van der Waals surface area contributed by atoms with Gasteiger partial charge in [0.25, 0.3) is 0 Å². The average Bonchev–Trinajstić information content (AvgIpc) is 2.39. The van der Waals surface area contributed by atoms with Crippen LogP contribution in [-0.4, -0.2) is 20.5 Å². The van der Waals surface area contributed by atoms with E-state index in [1.54, 1.807) is 19.1 Å². The van der Waals surface area contributed by atoms with Crippen molar-refractivity contribution in [2.45, 2.75) is 51.0 Å². The average molecular weight is 284 g/mol. The Balaban J connectivity index is 2.89. The second-order valence-electron chi connectivity index (χ2n) is 4.92. The summed E-state index contributed by atoms with van der Waals surface area (Å²) in [5.74, 6) is 0. The standard InChI is InChI=1S/C14H24N2O2S/c1-5-14(4,6-2)16-12-8-10-13(11-9-12)19(17,18)15-7-3/h8-11,15-16H,5-7H2,1-4H3. The van der Waals surface area contributed by atoms with Gasteiger partial charge in [-0.05, 0) is 44.0 Å². The highest BCUT2D eigenvalue weighted by Gasteiger charge is 2.19. The molecule has 0 bridgehead atoms. The molecule has 0 unspecified atom stereocenters. The van der Waals surface area contributed by atoms with E-state index < -0.39 is 10.0 Å². The molecule has 0 aliphatic heterocycles. The Labute approximate surface area is 116 Å². The van der Waals surface area contributed by atoms with Crippen LogP contribution in [0.4, 0.5) is 5.69 Å². The normalized spacial score (nSPS) is 12.4. The lowest BCUT2D eigenvalue weighted by atomic mass is 9.95. The lowest BCUT2D eigenvalue weighted by Crippen LogP contribution is -2.32. The highest BCUT2D eigenvalue weighted by Crippen LogP contribution is 2.22. The summed E-state index contributed by atoms with van der Waals surface area (Å²) in [6, 6.07) is 6.89. The van der Waals surface area contributed by atoms with Gasteiger partial charge in [-0.3, -0.25) is 0 Å². The second kappa shape index (κ2) is 6.39. The lowest BCUT2D eigenvalue weighted by molar-refractivity contribution is 0.478. The highest BCUT2D eigenvalue weighted by molar-refractivity contribution is 7.89. The minimum atomic E-state index is -3.36. The largest absolute Gasteiger partial charge is 0.380 e. The Kier molecular flexibility index (Phi) is 5.38. The summed E-state index contributed by atoms with van der Waals surface area (Å²) in [6.07, 6.45) is 2.03. The van der Waals surface area contributed by atoms with Crippen molar-refractivity contribution in [2.24, 2.45) is 0 Å². The fraction of sp³-hybridized carbons (Fsp3) is 0.571. The topological polar surface area (TPSA) is 58.2 Å². The van der Waals surface area contributed by atoms with Gasteiger partial charge in [-0.15, -0.1) is 0 Å². The molecular weight excluding hydrogens is 260 g/mol. The van der Waals surface area contributed by atoms with E-state index in [0.29, 0.717) is 11.4 Å². The quantitative estimate of drug-likeness (QED) is 0.809. The Morgan fingerprint density at radius 1 is 1.05 bits per heavy atom. The third-order valence-corrected chi connectivity index (χ3v) is 5.07. The van der Waals surface area contributed by atoms with Crippen LogP contribution in [-0.2, 0) is 10.0 Å². The van der Waals surface area contributed by atoms with E-state index in [1.807, 2.05) is 12.1 Å². The third kappa shape index (κ3) is 4.21. The minimum absolute atomic E-state index is 0.0437. The van der Waals surface area contributed by atoms with Crippen molar-refractivity contribution in [3.63, 3.8) is 0 Å². The fourth-order valence-electron chi connectivity index (χ4n) is 1.77. The summed E-state index contributed by atoms with van der Waals surface area (Å²) < 4.78 is 26.1. The highest BCUT2D eigenvalue weighted by atomic mass is 32.2. The van der Waals surface area contributed by atoms with Gasteiger partial charge in [-0.25, -0.2) is 13.1 Å². The molecule has 0 aromatic heterocycles. The van der Waals surface area contributed by atoms with E-state index in [9.17, 15) is 8.42 Å². The molecule has 1 aromatic rings. The van der Waals surface area contributed by atoms with Gasteiger partial charge in [0.15, 0.2) is 0 Å². The monoisotopic (exact) mass is 284 g/mol. The van der Waals surface area contributed by atoms with Crippen LogP contribution in [0, 0.1) is 0 Å². The van der Waals surface area contributed by atoms with Gasteiger partial charge in [0.1, 0.15) is 0 Å². The lowest BCUT2D eigenvalue weighted by Gasteiger charge is -2.29. The number of sulfonamides is 1. The fourth-order valence-corrected chi connectivity index (χ4v) is 2.81. The Hall–Kier alpha value is -1.07. The molecular formula is C14H24N2O2S. The number of hydrogen-bond acceptors (Lipinski definition) is 3.